The number of rotatable bonds is 9. The molecule has 7 nitrogen and oxygen atoms in total. The standard InChI is InChI=1S/C18H27N5O2S2.HI/c1-14-15(2)26-17(23-14)9-10-20-18(19-3)21-11-12-27(24,25)22-13-16-7-5-4-6-8-16;/h4-8,22H,9-13H2,1-3H3,(H2,19,20,21);1H. The molecule has 0 fully saturated rings. The number of aliphatic imine (C=N–C) groups is 1. The van der Waals surface area contributed by atoms with Crippen LogP contribution in [0.25, 0.3) is 0 Å². The van der Waals surface area contributed by atoms with E-state index in [0.717, 1.165) is 22.7 Å². The van der Waals surface area contributed by atoms with Gasteiger partial charge in [-0.3, -0.25) is 4.99 Å². The number of aromatic nitrogens is 1. The summed E-state index contributed by atoms with van der Waals surface area (Å²) in [5, 5.41) is 7.29. The van der Waals surface area contributed by atoms with Gasteiger partial charge in [0.05, 0.1) is 16.5 Å². The third kappa shape index (κ3) is 8.84. The lowest BCUT2D eigenvalue weighted by Gasteiger charge is -2.12. The van der Waals surface area contributed by atoms with E-state index in [4.69, 9.17) is 0 Å². The molecule has 0 unspecified atom stereocenters. The number of sulfonamides is 1. The van der Waals surface area contributed by atoms with Gasteiger partial charge in [-0.05, 0) is 19.4 Å². The van der Waals surface area contributed by atoms with Gasteiger partial charge in [-0.2, -0.15) is 0 Å². The Labute approximate surface area is 188 Å². The molecule has 0 aliphatic carbocycles. The van der Waals surface area contributed by atoms with Crippen LogP contribution in [0.15, 0.2) is 35.3 Å². The summed E-state index contributed by atoms with van der Waals surface area (Å²) in [6.45, 7) is 5.33. The number of guanidine groups is 1. The molecule has 2 rings (SSSR count). The quantitative estimate of drug-likeness (QED) is 0.259. The topological polar surface area (TPSA) is 95.5 Å². The van der Waals surface area contributed by atoms with Gasteiger partial charge in [-0.25, -0.2) is 18.1 Å². The van der Waals surface area contributed by atoms with E-state index in [1.54, 1.807) is 18.4 Å². The lowest BCUT2D eigenvalue weighted by atomic mass is 10.2. The van der Waals surface area contributed by atoms with Crippen molar-refractivity contribution in [3.05, 3.63) is 51.5 Å². The zero-order valence-electron chi connectivity index (χ0n) is 16.4. The minimum Gasteiger partial charge on any atom is -0.356 e. The van der Waals surface area contributed by atoms with Gasteiger partial charge in [0, 0.05) is 38.0 Å². The molecule has 0 amide bonds. The Hall–Kier alpha value is -1.24. The number of aryl methyl sites for hydroxylation is 2. The van der Waals surface area contributed by atoms with Crippen LogP contribution in [0.1, 0.15) is 21.1 Å². The molecule has 0 spiro atoms. The van der Waals surface area contributed by atoms with E-state index in [2.05, 4.69) is 32.3 Å². The maximum absolute atomic E-state index is 12.1. The number of hydrogen-bond donors (Lipinski definition) is 3. The van der Waals surface area contributed by atoms with Crippen molar-refractivity contribution in [3.8, 4) is 0 Å². The molecule has 0 aliphatic rings. The first-order chi connectivity index (χ1) is 12.9. The monoisotopic (exact) mass is 537 g/mol. The van der Waals surface area contributed by atoms with Gasteiger partial charge in [0.15, 0.2) is 5.96 Å². The highest BCUT2D eigenvalue weighted by atomic mass is 127. The molecule has 28 heavy (non-hydrogen) atoms. The number of benzene rings is 1. The molecule has 0 saturated carbocycles. The van der Waals surface area contributed by atoms with Gasteiger partial charge >= 0.3 is 0 Å². The number of nitrogens with one attached hydrogen (secondary N) is 3. The van der Waals surface area contributed by atoms with Gasteiger partial charge in [-0.1, -0.05) is 30.3 Å². The fourth-order valence-electron chi connectivity index (χ4n) is 2.32. The molecule has 0 aliphatic heterocycles. The maximum atomic E-state index is 12.1. The predicted molar refractivity (Wildman–Crippen MR) is 127 cm³/mol. The molecule has 1 aromatic heterocycles. The number of halogens is 1. The summed E-state index contributed by atoms with van der Waals surface area (Å²) in [5.41, 5.74) is 2.00. The van der Waals surface area contributed by atoms with Crippen molar-refractivity contribution in [2.24, 2.45) is 4.99 Å². The molecule has 2 aromatic rings. The van der Waals surface area contributed by atoms with Crippen molar-refractivity contribution < 1.29 is 8.42 Å². The Morgan fingerprint density at radius 2 is 1.82 bits per heavy atom. The molecular formula is C18H28IN5O2S2. The number of hydrogen-bond acceptors (Lipinski definition) is 5. The average Bonchev–Trinajstić information content (AvgIpc) is 2.97. The largest absolute Gasteiger partial charge is 0.356 e. The van der Waals surface area contributed by atoms with Crippen molar-refractivity contribution in [1.82, 2.24) is 20.3 Å². The first kappa shape index (κ1) is 24.8. The van der Waals surface area contributed by atoms with E-state index < -0.39 is 10.0 Å². The lowest BCUT2D eigenvalue weighted by molar-refractivity contribution is 0.580. The van der Waals surface area contributed by atoms with Crippen LogP contribution in [0.4, 0.5) is 0 Å². The van der Waals surface area contributed by atoms with E-state index in [9.17, 15) is 8.42 Å². The Balaban J connectivity index is 0.00000392. The summed E-state index contributed by atoms with van der Waals surface area (Å²) in [4.78, 5) is 9.86. The van der Waals surface area contributed by atoms with Crippen LogP contribution in [0.3, 0.4) is 0 Å². The van der Waals surface area contributed by atoms with Crippen LogP contribution >= 0.6 is 35.3 Å². The summed E-state index contributed by atoms with van der Waals surface area (Å²) in [6, 6.07) is 9.44. The second-order valence-electron chi connectivity index (χ2n) is 6.05. The van der Waals surface area contributed by atoms with Crippen molar-refractivity contribution in [2.75, 3.05) is 25.9 Å². The Kier molecular flexibility index (Phi) is 10.9. The van der Waals surface area contributed by atoms with Crippen LogP contribution in [-0.4, -0.2) is 45.3 Å². The molecule has 3 N–H and O–H groups in total. The first-order valence-corrected chi connectivity index (χ1v) is 11.2. The van der Waals surface area contributed by atoms with Crippen molar-refractivity contribution >= 4 is 51.3 Å². The first-order valence-electron chi connectivity index (χ1n) is 8.78. The van der Waals surface area contributed by atoms with Crippen molar-refractivity contribution in [2.45, 2.75) is 26.8 Å². The molecule has 1 aromatic carbocycles. The fraction of sp³-hybridized carbons (Fsp3) is 0.444. The Morgan fingerprint density at radius 1 is 1.14 bits per heavy atom. The number of thiazole rings is 1. The minimum atomic E-state index is -3.35. The van der Waals surface area contributed by atoms with E-state index in [0.29, 0.717) is 19.0 Å². The minimum absolute atomic E-state index is 0. The van der Waals surface area contributed by atoms with Gasteiger partial charge in [0.25, 0.3) is 0 Å². The predicted octanol–water partition coefficient (Wildman–Crippen LogP) is 2.21. The molecule has 1 heterocycles. The summed E-state index contributed by atoms with van der Waals surface area (Å²) < 4.78 is 26.8. The summed E-state index contributed by atoms with van der Waals surface area (Å²) in [6.07, 6.45) is 0.803. The third-order valence-electron chi connectivity index (χ3n) is 3.93. The maximum Gasteiger partial charge on any atom is 0.213 e. The molecule has 0 saturated heterocycles. The third-order valence-corrected chi connectivity index (χ3v) is 6.39. The molecule has 0 radical (unpaired) electrons. The normalized spacial score (nSPS) is 11.8. The van der Waals surface area contributed by atoms with Crippen LogP contribution in [0.2, 0.25) is 0 Å². The van der Waals surface area contributed by atoms with Crippen LogP contribution < -0.4 is 15.4 Å². The van der Waals surface area contributed by atoms with Gasteiger partial charge < -0.3 is 10.6 Å². The highest BCUT2D eigenvalue weighted by Crippen LogP contribution is 2.16. The highest BCUT2D eigenvalue weighted by Gasteiger charge is 2.10. The van der Waals surface area contributed by atoms with Crippen LogP contribution in [0, 0.1) is 13.8 Å². The van der Waals surface area contributed by atoms with E-state index >= 15 is 0 Å². The van der Waals surface area contributed by atoms with Gasteiger partial charge in [-0.15, -0.1) is 35.3 Å². The van der Waals surface area contributed by atoms with Gasteiger partial charge in [0.2, 0.25) is 10.0 Å². The molecule has 0 bridgehead atoms. The Morgan fingerprint density at radius 3 is 2.43 bits per heavy atom. The smallest absolute Gasteiger partial charge is 0.213 e. The zero-order valence-corrected chi connectivity index (χ0v) is 20.3. The molecule has 10 heteroatoms. The zero-order chi connectivity index (χ0) is 19.7. The summed E-state index contributed by atoms with van der Waals surface area (Å²) in [5.74, 6) is 0.559. The molecular weight excluding hydrogens is 509 g/mol. The van der Waals surface area contributed by atoms with Crippen molar-refractivity contribution in [1.29, 1.82) is 0 Å². The van der Waals surface area contributed by atoms with Crippen molar-refractivity contribution in [3.63, 3.8) is 0 Å². The molecule has 156 valence electrons. The van der Waals surface area contributed by atoms with Crippen LogP contribution in [-0.2, 0) is 23.0 Å². The van der Waals surface area contributed by atoms with Gasteiger partial charge in [0.1, 0.15) is 0 Å². The summed E-state index contributed by atoms with van der Waals surface area (Å²) in [7, 11) is -1.69. The second-order valence-corrected chi connectivity index (χ2v) is 9.26. The summed E-state index contributed by atoms with van der Waals surface area (Å²) >= 11 is 1.70. The molecule has 0 atom stereocenters. The second kappa shape index (κ2) is 12.3. The van der Waals surface area contributed by atoms with E-state index in [1.807, 2.05) is 37.3 Å². The average molecular weight is 537 g/mol. The van der Waals surface area contributed by atoms with E-state index in [1.165, 1.54) is 4.88 Å². The van der Waals surface area contributed by atoms with E-state index in [-0.39, 0.29) is 36.3 Å². The Bertz CT molecular complexity index is 835. The van der Waals surface area contributed by atoms with Crippen LogP contribution in [0.5, 0.6) is 0 Å². The fourth-order valence-corrected chi connectivity index (χ4v) is 4.15. The number of nitrogens with zero attached hydrogens (tertiary/aromatic N) is 2. The highest BCUT2D eigenvalue weighted by molar-refractivity contribution is 14.0. The lowest BCUT2D eigenvalue weighted by Crippen LogP contribution is -2.41. The SMILES string of the molecule is CN=C(NCCc1nc(C)c(C)s1)NCCS(=O)(=O)NCc1ccccc1.I.